The van der Waals surface area contributed by atoms with Crippen molar-refractivity contribution in [1.29, 1.82) is 0 Å². The highest BCUT2D eigenvalue weighted by atomic mass is 35.5. The second-order valence-corrected chi connectivity index (χ2v) is 8.62. The summed E-state index contributed by atoms with van der Waals surface area (Å²) < 4.78 is 10.1. The summed E-state index contributed by atoms with van der Waals surface area (Å²) in [5, 5.41) is 21.1. The van der Waals surface area contributed by atoms with E-state index in [9.17, 15) is 39.2 Å². The first-order valence-corrected chi connectivity index (χ1v) is 11.7. The predicted octanol–water partition coefficient (Wildman–Crippen LogP) is 3.20. The van der Waals surface area contributed by atoms with E-state index in [1.807, 2.05) is 10.9 Å². The fourth-order valence-corrected chi connectivity index (χ4v) is 3.28. The Morgan fingerprint density at radius 3 is 1.55 bits per heavy atom. The lowest BCUT2D eigenvalue weighted by atomic mass is 10.1. The van der Waals surface area contributed by atoms with Crippen molar-refractivity contribution in [3.63, 3.8) is 0 Å². The summed E-state index contributed by atoms with van der Waals surface area (Å²) >= 11 is 11.6. The van der Waals surface area contributed by atoms with E-state index >= 15 is 0 Å². The number of aliphatic carboxylic acids is 1. The van der Waals surface area contributed by atoms with E-state index < -0.39 is 46.9 Å². The van der Waals surface area contributed by atoms with Crippen LogP contribution >= 0.6 is 23.2 Å². The van der Waals surface area contributed by atoms with Gasteiger partial charge in [0.1, 0.15) is 0 Å². The average molecular weight is 590 g/mol. The molecule has 0 aliphatic heterocycles. The van der Waals surface area contributed by atoms with Crippen LogP contribution in [0.1, 0.15) is 31.1 Å². The van der Waals surface area contributed by atoms with Gasteiger partial charge in [-0.1, -0.05) is 23.2 Å². The van der Waals surface area contributed by atoms with Gasteiger partial charge in [-0.25, -0.2) is 14.4 Å². The lowest BCUT2D eigenvalue weighted by Gasteiger charge is -2.23. The van der Waals surface area contributed by atoms with E-state index in [0.717, 1.165) is 24.3 Å². The van der Waals surface area contributed by atoms with E-state index in [-0.39, 0.29) is 32.4 Å². The van der Waals surface area contributed by atoms with Crippen LogP contribution in [-0.2, 0) is 19.1 Å². The monoisotopic (exact) mass is 589 g/mol. The zero-order valence-corrected chi connectivity index (χ0v) is 21.4. The summed E-state index contributed by atoms with van der Waals surface area (Å²) in [7, 11) is 0. The number of ether oxygens (including phenoxy) is 2. The Hall–Kier alpha value is -5.01. The van der Waals surface area contributed by atoms with Gasteiger partial charge in [-0.3, -0.25) is 30.6 Å². The first-order valence-electron chi connectivity index (χ1n) is 11.0. The number of carboxylic acid groups (broad SMARTS) is 1. The molecule has 0 heterocycles. The third-order valence-electron chi connectivity index (χ3n) is 5.04. The molecule has 2 amide bonds. The number of benzene rings is 3. The Kier molecular flexibility index (Phi) is 9.73. The average Bonchev–Trinajstić information content (AvgIpc) is 2.93. The molecular weight excluding hydrogens is 573 g/mol. The van der Waals surface area contributed by atoms with Gasteiger partial charge in [0.05, 0.1) is 16.1 Å². The van der Waals surface area contributed by atoms with Crippen LogP contribution in [0.4, 0.5) is 5.69 Å². The van der Waals surface area contributed by atoms with Gasteiger partial charge in [-0.05, 0) is 60.7 Å². The van der Waals surface area contributed by atoms with Crippen LogP contribution in [0, 0.1) is 10.1 Å². The number of nitro benzene ring substituents is 1. The molecule has 15 heteroatoms. The fraction of sp³-hybridized carbons (Fsp3) is 0.0800. The minimum absolute atomic E-state index is 0.107. The first-order chi connectivity index (χ1) is 19.0. The molecule has 0 radical (unpaired) electrons. The number of non-ortho nitro benzene ring substituents is 1. The van der Waals surface area contributed by atoms with Crippen molar-refractivity contribution in [1.82, 2.24) is 10.9 Å². The molecule has 3 aromatic rings. The molecule has 206 valence electrons. The van der Waals surface area contributed by atoms with Crippen molar-refractivity contribution in [2.75, 3.05) is 0 Å². The third-order valence-corrected chi connectivity index (χ3v) is 5.55. The van der Waals surface area contributed by atoms with Crippen molar-refractivity contribution in [3.8, 4) is 0 Å². The van der Waals surface area contributed by atoms with E-state index in [1.54, 1.807) is 0 Å². The molecular formula is C25H17Cl2N3O10. The second-order valence-electron chi connectivity index (χ2n) is 7.75. The van der Waals surface area contributed by atoms with Crippen LogP contribution in [0.5, 0.6) is 0 Å². The Labute approximate surface area is 234 Å². The fourth-order valence-electron chi connectivity index (χ4n) is 3.03. The number of nitrogens with zero attached hydrogens (tertiary/aromatic N) is 1. The lowest BCUT2D eigenvalue weighted by Crippen LogP contribution is -2.54. The quantitative estimate of drug-likeness (QED) is 0.189. The van der Waals surface area contributed by atoms with Crippen LogP contribution in [0.3, 0.4) is 0 Å². The smallest absolute Gasteiger partial charge is 0.349 e. The maximum Gasteiger partial charge on any atom is 0.349 e. The zero-order chi connectivity index (χ0) is 29.4. The first kappa shape index (κ1) is 29.5. The summed E-state index contributed by atoms with van der Waals surface area (Å²) in [6, 6.07) is 14.6. The summed E-state index contributed by atoms with van der Waals surface area (Å²) in [6.45, 7) is 0. The number of carboxylic acids is 1. The highest BCUT2D eigenvalue weighted by Gasteiger charge is 2.41. The van der Waals surface area contributed by atoms with Crippen molar-refractivity contribution >= 4 is 58.6 Å². The minimum Gasteiger partial charge on any atom is -0.478 e. The number of rotatable bonds is 9. The number of nitro groups is 1. The number of halogens is 2. The Morgan fingerprint density at radius 2 is 1.12 bits per heavy atom. The number of hydrogen-bond donors (Lipinski definition) is 3. The van der Waals surface area contributed by atoms with Crippen molar-refractivity contribution < 1.29 is 43.5 Å². The molecule has 0 saturated heterocycles. The molecule has 0 bridgehead atoms. The van der Waals surface area contributed by atoms with Crippen LogP contribution in [0.25, 0.3) is 0 Å². The van der Waals surface area contributed by atoms with Gasteiger partial charge in [0.15, 0.2) is 0 Å². The maximum absolute atomic E-state index is 13.0. The predicted molar refractivity (Wildman–Crippen MR) is 138 cm³/mol. The van der Waals surface area contributed by atoms with E-state index in [4.69, 9.17) is 32.7 Å². The number of nitrogens with one attached hydrogen (secondary N) is 2. The van der Waals surface area contributed by atoms with E-state index in [0.29, 0.717) is 0 Å². The van der Waals surface area contributed by atoms with Gasteiger partial charge in [0.2, 0.25) is 12.2 Å². The highest BCUT2D eigenvalue weighted by Crippen LogP contribution is 2.17. The normalized spacial score (nSPS) is 11.8. The maximum atomic E-state index is 13.0. The Balaban J connectivity index is 1.83. The molecule has 3 rings (SSSR count). The summed E-state index contributed by atoms with van der Waals surface area (Å²) in [6.07, 6.45) is -4.66. The molecule has 2 atom stereocenters. The summed E-state index contributed by atoms with van der Waals surface area (Å²) in [5.74, 6) is -6.54. The molecule has 3 N–H and O–H groups in total. The minimum atomic E-state index is -2.37. The molecule has 3 aromatic carbocycles. The standard InChI is InChI=1S/C25H17Cl2N3O10/c26-16-7-1-14(2-8-16)24(35)39-19(20(23(33)34)40-25(36)15-3-9-17(27)10-4-15)22(32)29-28-21(31)13-5-11-18(12-6-13)30(37)38/h1-12,19-20H,(H,28,31)(H,29,32)(H,33,34)/t19-,20-/m0/s1. The van der Waals surface area contributed by atoms with E-state index in [2.05, 4.69) is 0 Å². The number of carbonyl (C=O) groups is 5. The van der Waals surface area contributed by atoms with Gasteiger partial charge in [0.25, 0.3) is 17.5 Å². The van der Waals surface area contributed by atoms with Gasteiger partial charge < -0.3 is 14.6 Å². The highest BCUT2D eigenvalue weighted by molar-refractivity contribution is 6.31. The third kappa shape index (κ3) is 7.75. The molecule has 40 heavy (non-hydrogen) atoms. The van der Waals surface area contributed by atoms with Gasteiger partial charge in [0, 0.05) is 27.7 Å². The molecule has 13 nitrogen and oxygen atoms in total. The summed E-state index contributed by atoms with van der Waals surface area (Å²) in [4.78, 5) is 72.8. The van der Waals surface area contributed by atoms with Gasteiger partial charge in [-0.2, -0.15) is 0 Å². The SMILES string of the molecule is O=C(NNC(=O)[C@@H](OC(=O)c1ccc(Cl)cc1)[C@H](OC(=O)c1ccc(Cl)cc1)C(=O)O)c1ccc([N+](=O)[O-])cc1. The number of hydrazine groups is 1. The van der Waals surface area contributed by atoms with Crippen LogP contribution in [0.2, 0.25) is 10.0 Å². The zero-order valence-electron chi connectivity index (χ0n) is 19.9. The van der Waals surface area contributed by atoms with E-state index in [1.165, 1.54) is 48.5 Å². The molecule has 0 fully saturated rings. The topological polar surface area (TPSA) is 191 Å². The second kappa shape index (κ2) is 13.2. The van der Waals surface area contributed by atoms with Crippen molar-refractivity contribution in [3.05, 3.63) is 110 Å². The van der Waals surface area contributed by atoms with Gasteiger partial charge >= 0.3 is 17.9 Å². The molecule has 0 saturated carbocycles. The van der Waals surface area contributed by atoms with Crippen molar-refractivity contribution in [2.45, 2.75) is 12.2 Å². The number of amides is 2. The molecule has 0 aromatic heterocycles. The molecule has 0 unspecified atom stereocenters. The van der Waals surface area contributed by atoms with Crippen LogP contribution in [-0.4, -0.2) is 52.0 Å². The molecule has 0 aliphatic carbocycles. The number of esters is 2. The lowest BCUT2D eigenvalue weighted by molar-refractivity contribution is -0.384. The Bertz CT molecular complexity index is 1450. The van der Waals surface area contributed by atoms with Crippen LogP contribution < -0.4 is 10.9 Å². The van der Waals surface area contributed by atoms with Crippen LogP contribution in [0.15, 0.2) is 72.8 Å². The number of carbonyl (C=O) groups excluding carboxylic acids is 4. The molecule has 0 aliphatic rings. The summed E-state index contributed by atoms with van der Waals surface area (Å²) in [5.41, 5.74) is 3.23. The molecule has 0 spiro atoms. The Morgan fingerprint density at radius 1 is 0.700 bits per heavy atom. The van der Waals surface area contributed by atoms with Crippen molar-refractivity contribution in [2.24, 2.45) is 0 Å². The number of hydrogen-bond acceptors (Lipinski definition) is 9. The largest absolute Gasteiger partial charge is 0.478 e. The van der Waals surface area contributed by atoms with Gasteiger partial charge in [-0.15, -0.1) is 0 Å².